The van der Waals surface area contributed by atoms with Crippen LogP contribution in [0.4, 0.5) is 0 Å². The number of morpholine rings is 1. The van der Waals surface area contributed by atoms with Crippen LogP contribution in [0.5, 0.6) is 0 Å². The van der Waals surface area contributed by atoms with E-state index in [2.05, 4.69) is 4.72 Å². The van der Waals surface area contributed by atoms with E-state index in [1.54, 1.807) is 13.8 Å². The van der Waals surface area contributed by atoms with Crippen molar-refractivity contribution in [3.05, 3.63) is 0 Å². The molecule has 0 aromatic carbocycles. The lowest BCUT2D eigenvalue weighted by Gasteiger charge is -2.34. The Morgan fingerprint density at radius 2 is 2.06 bits per heavy atom. The van der Waals surface area contributed by atoms with Crippen LogP contribution in [-0.2, 0) is 14.9 Å². The molecule has 1 fully saturated rings. The molecule has 1 aliphatic rings. The van der Waals surface area contributed by atoms with Crippen molar-refractivity contribution in [2.45, 2.75) is 39.0 Å². The zero-order chi connectivity index (χ0) is 12.3. The topological polar surface area (TPSA) is 84.7 Å². The van der Waals surface area contributed by atoms with E-state index in [0.29, 0.717) is 19.7 Å². The fourth-order valence-corrected chi connectivity index (χ4v) is 2.96. The van der Waals surface area contributed by atoms with E-state index in [9.17, 15) is 8.42 Å². The van der Waals surface area contributed by atoms with Crippen LogP contribution in [0.3, 0.4) is 0 Å². The van der Waals surface area contributed by atoms with Crippen LogP contribution < -0.4 is 10.5 Å². The summed E-state index contributed by atoms with van der Waals surface area (Å²) < 4.78 is 33.1. The minimum Gasteiger partial charge on any atom is -0.374 e. The summed E-state index contributed by atoms with van der Waals surface area (Å²) in [6.45, 7) is 6.49. The van der Waals surface area contributed by atoms with Crippen LogP contribution in [0.15, 0.2) is 0 Å². The van der Waals surface area contributed by atoms with Gasteiger partial charge in [0.15, 0.2) is 0 Å². The summed E-state index contributed by atoms with van der Waals surface area (Å²) in [7, 11) is -3.40. The predicted octanol–water partition coefficient (Wildman–Crippen LogP) is -0.723. The molecule has 1 heterocycles. The Balaban J connectivity index is 2.66. The first-order chi connectivity index (χ1) is 7.33. The minimum atomic E-state index is -3.40. The molecule has 0 aromatic heterocycles. The first kappa shape index (κ1) is 13.9. The third-order valence-corrected chi connectivity index (χ3v) is 4.15. The maximum Gasteiger partial charge on any atom is 0.279 e. The highest BCUT2D eigenvalue weighted by Gasteiger charge is 2.31. The highest BCUT2D eigenvalue weighted by atomic mass is 32.2. The van der Waals surface area contributed by atoms with Gasteiger partial charge in [0, 0.05) is 25.2 Å². The van der Waals surface area contributed by atoms with Crippen molar-refractivity contribution < 1.29 is 13.2 Å². The molecule has 16 heavy (non-hydrogen) atoms. The summed E-state index contributed by atoms with van der Waals surface area (Å²) in [4.78, 5) is 0. The highest BCUT2D eigenvalue weighted by molar-refractivity contribution is 7.87. The van der Waals surface area contributed by atoms with E-state index < -0.39 is 10.2 Å². The smallest absolute Gasteiger partial charge is 0.279 e. The molecule has 0 radical (unpaired) electrons. The molecule has 0 spiro atoms. The number of ether oxygens (including phenoxy) is 1. The van der Waals surface area contributed by atoms with E-state index >= 15 is 0 Å². The number of nitrogens with two attached hydrogens (primary N) is 1. The van der Waals surface area contributed by atoms with Crippen molar-refractivity contribution in [2.24, 2.45) is 5.73 Å². The summed E-state index contributed by atoms with van der Waals surface area (Å²) in [5, 5.41) is 0. The monoisotopic (exact) mass is 251 g/mol. The molecule has 0 aromatic rings. The molecular formula is C9H21N3O3S. The van der Waals surface area contributed by atoms with Gasteiger partial charge in [-0.3, -0.25) is 0 Å². The van der Waals surface area contributed by atoms with Crippen molar-refractivity contribution in [3.8, 4) is 0 Å². The molecule has 6 nitrogen and oxygen atoms in total. The molecule has 0 saturated carbocycles. The number of nitrogens with one attached hydrogen (secondary N) is 1. The standard InChI is InChI=1S/C9H21N3O3S/c1-7(2)11-16(13,14)12-4-5-15-9(6-12)8(3)10/h7-9,11H,4-6,10H2,1-3H3. The molecule has 7 heteroatoms. The van der Waals surface area contributed by atoms with Gasteiger partial charge in [-0.15, -0.1) is 0 Å². The number of nitrogens with zero attached hydrogens (tertiary/aromatic N) is 1. The molecule has 3 N–H and O–H groups in total. The molecule has 0 bridgehead atoms. The Hall–Kier alpha value is -0.210. The molecule has 0 aliphatic carbocycles. The van der Waals surface area contributed by atoms with Crippen molar-refractivity contribution in [2.75, 3.05) is 19.7 Å². The molecule has 96 valence electrons. The summed E-state index contributed by atoms with van der Waals surface area (Å²) >= 11 is 0. The molecule has 0 amide bonds. The van der Waals surface area contributed by atoms with Gasteiger partial charge in [0.2, 0.25) is 0 Å². The first-order valence-electron chi connectivity index (χ1n) is 5.47. The largest absolute Gasteiger partial charge is 0.374 e. The Labute approximate surface area is 97.3 Å². The van der Waals surface area contributed by atoms with E-state index in [0.717, 1.165) is 0 Å². The molecule has 1 aliphatic heterocycles. The number of rotatable bonds is 4. The lowest BCUT2D eigenvalue weighted by Crippen LogP contribution is -2.54. The molecular weight excluding hydrogens is 230 g/mol. The fourth-order valence-electron chi connectivity index (χ4n) is 1.56. The van der Waals surface area contributed by atoms with Crippen LogP contribution in [0, 0.1) is 0 Å². The van der Waals surface area contributed by atoms with E-state index in [4.69, 9.17) is 10.5 Å². The second-order valence-corrected chi connectivity index (χ2v) is 6.11. The van der Waals surface area contributed by atoms with Crippen LogP contribution in [0.2, 0.25) is 0 Å². The van der Waals surface area contributed by atoms with Crippen molar-refractivity contribution in [1.29, 1.82) is 0 Å². The molecule has 2 atom stereocenters. The molecule has 1 saturated heterocycles. The Bertz CT molecular complexity index is 316. The lowest BCUT2D eigenvalue weighted by molar-refractivity contribution is -0.0124. The van der Waals surface area contributed by atoms with Crippen LogP contribution in [0.25, 0.3) is 0 Å². The van der Waals surface area contributed by atoms with Gasteiger partial charge in [0.25, 0.3) is 10.2 Å². The average Bonchev–Trinajstić information content (AvgIpc) is 2.16. The second-order valence-electron chi connectivity index (χ2n) is 4.40. The molecule has 2 unspecified atom stereocenters. The third-order valence-electron chi connectivity index (χ3n) is 2.37. The van der Waals surface area contributed by atoms with Crippen molar-refractivity contribution >= 4 is 10.2 Å². The maximum absolute atomic E-state index is 11.9. The van der Waals surface area contributed by atoms with Gasteiger partial charge >= 0.3 is 0 Å². The van der Waals surface area contributed by atoms with Gasteiger partial charge < -0.3 is 10.5 Å². The summed E-state index contributed by atoms with van der Waals surface area (Å²) in [6, 6.07) is -0.279. The Kier molecular flexibility index (Phi) is 4.69. The Morgan fingerprint density at radius 1 is 1.44 bits per heavy atom. The normalized spacial score (nSPS) is 25.9. The van der Waals surface area contributed by atoms with Crippen LogP contribution in [-0.4, -0.2) is 50.6 Å². The summed E-state index contributed by atoms with van der Waals surface area (Å²) in [5.74, 6) is 0. The van der Waals surface area contributed by atoms with E-state index in [1.807, 2.05) is 6.92 Å². The van der Waals surface area contributed by atoms with Crippen LogP contribution in [0.1, 0.15) is 20.8 Å². The number of hydrogen-bond donors (Lipinski definition) is 2. The number of hydrogen-bond acceptors (Lipinski definition) is 4. The molecule has 1 rings (SSSR count). The van der Waals surface area contributed by atoms with Gasteiger partial charge in [-0.2, -0.15) is 17.4 Å². The van der Waals surface area contributed by atoms with Gasteiger partial charge in [-0.1, -0.05) is 0 Å². The van der Waals surface area contributed by atoms with E-state index in [1.165, 1.54) is 4.31 Å². The zero-order valence-electron chi connectivity index (χ0n) is 10.0. The average molecular weight is 251 g/mol. The minimum absolute atomic E-state index is 0.110. The third kappa shape index (κ3) is 3.67. The van der Waals surface area contributed by atoms with Crippen LogP contribution >= 0.6 is 0 Å². The SMILES string of the molecule is CC(C)NS(=O)(=O)N1CCOC(C(C)N)C1. The predicted molar refractivity (Wildman–Crippen MR) is 62.2 cm³/mol. The van der Waals surface area contributed by atoms with Gasteiger partial charge in [-0.05, 0) is 20.8 Å². The zero-order valence-corrected chi connectivity index (χ0v) is 10.8. The quantitative estimate of drug-likeness (QED) is 0.690. The first-order valence-corrected chi connectivity index (χ1v) is 6.91. The highest BCUT2D eigenvalue weighted by Crippen LogP contribution is 2.11. The Morgan fingerprint density at radius 3 is 2.56 bits per heavy atom. The maximum atomic E-state index is 11.9. The van der Waals surface area contributed by atoms with E-state index in [-0.39, 0.29) is 18.2 Å². The van der Waals surface area contributed by atoms with Gasteiger partial charge in [-0.25, -0.2) is 0 Å². The van der Waals surface area contributed by atoms with Gasteiger partial charge in [0.05, 0.1) is 12.7 Å². The lowest BCUT2D eigenvalue weighted by atomic mass is 10.2. The van der Waals surface area contributed by atoms with Gasteiger partial charge in [0.1, 0.15) is 0 Å². The van der Waals surface area contributed by atoms with Crippen molar-refractivity contribution in [1.82, 2.24) is 9.03 Å². The second kappa shape index (κ2) is 5.42. The summed E-state index contributed by atoms with van der Waals surface area (Å²) in [5.41, 5.74) is 5.71. The summed E-state index contributed by atoms with van der Waals surface area (Å²) in [6.07, 6.45) is -0.225. The van der Waals surface area contributed by atoms with Crippen molar-refractivity contribution in [3.63, 3.8) is 0 Å². The fraction of sp³-hybridized carbons (Fsp3) is 1.00.